The normalized spacial score (nSPS) is 10.8. The molecule has 6 nitrogen and oxygen atoms in total. The Bertz CT molecular complexity index is 954. The number of hydrogen-bond acceptors (Lipinski definition) is 4. The van der Waals surface area contributed by atoms with Crippen molar-refractivity contribution in [1.82, 2.24) is 19.9 Å². The zero-order chi connectivity index (χ0) is 18.1. The lowest BCUT2D eigenvalue weighted by Gasteiger charge is -2.16. The first-order valence-electron chi connectivity index (χ1n) is 7.44. The van der Waals surface area contributed by atoms with Gasteiger partial charge in [-0.25, -0.2) is 19.7 Å². The molecule has 2 heterocycles. The van der Waals surface area contributed by atoms with E-state index >= 15 is 0 Å². The number of urea groups is 1. The number of fused-ring (bicyclic) bond motifs is 1. The molecule has 0 spiro atoms. The highest BCUT2D eigenvalue weighted by atomic mass is 35.5. The molecule has 1 aromatic carbocycles. The summed E-state index contributed by atoms with van der Waals surface area (Å²) in [6, 6.07) is 6.72. The predicted molar refractivity (Wildman–Crippen MR) is 100 cm³/mol. The minimum atomic E-state index is -0.318. The van der Waals surface area contributed by atoms with Crippen molar-refractivity contribution in [2.45, 2.75) is 6.92 Å². The number of aromatic nitrogens is 3. The Hall–Kier alpha value is -2.44. The molecule has 3 rings (SSSR count). The van der Waals surface area contributed by atoms with Gasteiger partial charge in [-0.1, -0.05) is 29.3 Å². The SMILES string of the molecule is Cc1ncc2cc(-c3c(Cl)cccc3Cl)c(NC(=O)N(C)C)nc2n1. The summed E-state index contributed by atoms with van der Waals surface area (Å²) in [6.07, 6.45) is 1.68. The highest BCUT2D eigenvalue weighted by Crippen LogP contribution is 2.39. The van der Waals surface area contributed by atoms with Crippen molar-refractivity contribution >= 4 is 46.1 Å². The number of pyridine rings is 1. The van der Waals surface area contributed by atoms with E-state index in [1.807, 2.05) is 6.07 Å². The number of halogens is 2. The lowest BCUT2D eigenvalue weighted by molar-refractivity contribution is 0.230. The van der Waals surface area contributed by atoms with Crippen molar-refractivity contribution in [2.75, 3.05) is 19.4 Å². The van der Waals surface area contributed by atoms with E-state index in [4.69, 9.17) is 23.2 Å². The van der Waals surface area contributed by atoms with Gasteiger partial charge < -0.3 is 4.90 Å². The molecular formula is C17H15Cl2N5O. The van der Waals surface area contributed by atoms with Crippen LogP contribution in [-0.2, 0) is 0 Å². The molecule has 0 bridgehead atoms. The van der Waals surface area contributed by atoms with Crippen molar-refractivity contribution in [3.05, 3.63) is 46.3 Å². The number of benzene rings is 1. The fourth-order valence-electron chi connectivity index (χ4n) is 2.30. The number of nitrogens with one attached hydrogen (secondary N) is 1. The summed E-state index contributed by atoms with van der Waals surface area (Å²) in [7, 11) is 3.29. The van der Waals surface area contributed by atoms with E-state index in [-0.39, 0.29) is 6.03 Å². The molecule has 0 radical (unpaired) electrons. The quantitative estimate of drug-likeness (QED) is 0.720. The summed E-state index contributed by atoms with van der Waals surface area (Å²) in [5, 5.41) is 4.41. The Labute approximate surface area is 154 Å². The molecule has 128 valence electrons. The molecule has 0 aliphatic heterocycles. The van der Waals surface area contributed by atoms with E-state index in [2.05, 4.69) is 20.3 Å². The van der Waals surface area contributed by atoms with Gasteiger partial charge >= 0.3 is 6.03 Å². The average molecular weight is 376 g/mol. The van der Waals surface area contributed by atoms with Gasteiger partial charge in [0, 0.05) is 36.8 Å². The highest BCUT2D eigenvalue weighted by molar-refractivity contribution is 6.39. The van der Waals surface area contributed by atoms with Gasteiger partial charge in [-0.2, -0.15) is 0 Å². The van der Waals surface area contributed by atoms with Gasteiger partial charge in [0.05, 0.1) is 10.0 Å². The molecule has 0 unspecified atom stereocenters. The zero-order valence-electron chi connectivity index (χ0n) is 13.8. The molecule has 1 N–H and O–H groups in total. The van der Waals surface area contributed by atoms with Crippen LogP contribution in [-0.4, -0.2) is 40.0 Å². The Morgan fingerprint density at radius 2 is 1.84 bits per heavy atom. The Morgan fingerprint density at radius 1 is 1.16 bits per heavy atom. The van der Waals surface area contributed by atoms with Crippen LogP contribution in [0.1, 0.15) is 5.82 Å². The Balaban J connectivity index is 2.27. The van der Waals surface area contributed by atoms with Crippen LogP contribution in [0.4, 0.5) is 10.6 Å². The maximum Gasteiger partial charge on any atom is 0.322 e. The second-order valence-electron chi connectivity index (χ2n) is 5.64. The van der Waals surface area contributed by atoms with Gasteiger partial charge in [0.1, 0.15) is 11.6 Å². The van der Waals surface area contributed by atoms with Crippen molar-refractivity contribution in [2.24, 2.45) is 0 Å². The monoisotopic (exact) mass is 375 g/mol. The van der Waals surface area contributed by atoms with E-state index in [1.165, 1.54) is 4.90 Å². The number of aryl methyl sites for hydroxylation is 1. The van der Waals surface area contributed by atoms with Crippen LogP contribution >= 0.6 is 23.2 Å². The summed E-state index contributed by atoms with van der Waals surface area (Å²) in [6.45, 7) is 1.78. The maximum absolute atomic E-state index is 12.1. The Kier molecular flexibility index (Phi) is 4.74. The topological polar surface area (TPSA) is 71.0 Å². The highest BCUT2D eigenvalue weighted by Gasteiger charge is 2.18. The van der Waals surface area contributed by atoms with Crippen LogP contribution < -0.4 is 5.32 Å². The van der Waals surface area contributed by atoms with E-state index in [1.54, 1.807) is 45.4 Å². The average Bonchev–Trinajstić information content (AvgIpc) is 2.54. The van der Waals surface area contributed by atoms with Crippen LogP contribution in [0.2, 0.25) is 10.0 Å². The van der Waals surface area contributed by atoms with Crippen molar-refractivity contribution in [3.63, 3.8) is 0 Å². The fraction of sp³-hybridized carbons (Fsp3) is 0.176. The number of nitrogens with zero attached hydrogens (tertiary/aromatic N) is 4. The molecule has 0 saturated carbocycles. The summed E-state index contributed by atoms with van der Waals surface area (Å²) < 4.78 is 0. The summed E-state index contributed by atoms with van der Waals surface area (Å²) in [5.41, 5.74) is 1.68. The first-order chi connectivity index (χ1) is 11.9. The minimum Gasteiger partial charge on any atom is -0.331 e. The van der Waals surface area contributed by atoms with Crippen molar-refractivity contribution < 1.29 is 4.79 Å². The van der Waals surface area contributed by atoms with Gasteiger partial charge in [-0.15, -0.1) is 0 Å². The molecule has 0 fully saturated rings. The van der Waals surface area contributed by atoms with Crippen LogP contribution in [0, 0.1) is 6.92 Å². The standard InChI is InChI=1S/C17H15Cl2N5O/c1-9-20-8-10-7-11(14-12(18)5-4-6-13(14)19)16(22-15(10)21-9)23-17(25)24(2)3/h4-8H,1-3H3,(H,20,21,22,23,25). The molecule has 0 atom stereocenters. The minimum absolute atomic E-state index is 0.318. The molecule has 0 aliphatic carbocycles. The first kappa shape index (κ1) is 17.4. The second-order valence-corrected chi connectivity index (χ2v) is 6.45. The van der Waals surface area contributed by atoms with Gasteiger partial charge in [0.25, 0.3) is 0 Å². The number of carbonyl (C=O) groups is 1. The summed E-state index contributed by atoms with van der Waals surface area (Å²) in [4.78, 5) is 26.6. The van der Waals surface area contributed by atoms with Gasteiger partial charge in [-0.3, -0.25) is 5.32 Å². The van der Waals surface area contributed by atoms with E-state index < -0.39 is 0 Å². The summed E-state index contributed by atoms with van der Waals surface area (Å²) >= 11 is 12.7. The fourth-order valence-corrected chi connectivity index (χ4v) is 2.90. The van der Waals surface area contributed by atoms with E-state index in [9.17, 15) is 4.79 Å². The molecule has 3 aromatic rings. The van der Waals surface area contributed by atoms with Gasteiger partial charge in [-0.05, 0) is 25.1 Å². The maximum atomic E-state index is 12.1. The first-order valence-corrected chi connectivity index (χ1v) is 8.19. The largest absolute Gasteiger partial charge is 0.331 e. The number of rotatable bonds is 2. The molecular weight excluding hydrogens is 361 g/mol. The molecule has 2 aromatic heterocycles. The summed E-state index contributed by atoms with van der Waals surface area (Å²) in [5.74, 6) is 0.924. The van der Waals surface area contributed by atoms with Crippen LogP contribution in [0.5, 0.6) is 0 Å². The van der Waals surface area contributed by atoms with Crippen molar-refractivity contribution in [3.8, 4) is 11.1 Å². The van der Waals surface area contributed by atoms with Crippen LogP contribution in [0.15, 0.2) is 30.5 Å². The van der Waals surface area contributed by atoms with Crippen LogP contribution in [0.25, 0.3) is 22.2 Å². The third-order valence-corrected chi connectivity index (χ3v) is 4.18. The number of anilines is 1. The number of amides is 2. The Morgan fingerprint density at radius 3 is 2.48 bits per heavy atom. The molecule has 2 amide bonds. The third kappa shape index (κ3) is 3.50. The molecule has 25 heavy (non-hydrogen) atoms. The number of carbonyl (C=O) groups excluding carboxylic acids is 1. The smallest absolute Gasteiger partial charge is 0.322 e. The lowest BCUT2D eigenvalue weighted by Crippen LogP contribution is -2.28. The van der Waals surface area contributed by atoms with E-state index in [0.717, 1.165) is 5.39 Å². The molecule has 0 saturated heterocycles. The zero-order valence-corrected chi connectivity index (χ0v) is 15.4. The molecule has 0 aliphatic rings. The van der Waals surface area contributed by atoms with Gasteiger partial charge in [0.2, 0.25) is 0 Å². The van der Waals surface area contributed by atoms with E-state index in [0.29, 0.717) is 38.5 Å². The molecule has 8 heteroatoms. The number of hydrogen-bond donors (Lipinski definition) is 1. The second kappa shape index (κ2) is 6.82. The third-order valence-electron chi connectivity index (χ3n) is 3.55. The lowest BCUT2D eigenvalue weighted by atomic mass is 10.0. The van der Waals surface area contributed by atoms with Crippen LogP contribution in [0.3, 0.4) is 0 Å². The van der Waals surface area contributed by atoms with Gasteiger partial charge in [0.15, 0.2) is 5.65 Å². The van der Waals surface area contributed by atoms with Crippen molar-refractivity contribution in [1.29, 1.82) is 0 Å². The predicted octanol–water partition coefficient (Wildman–Crippen LogP) is 4.40.